The van der Waals surface area contributed by atoms with E-state index < -0.39 is 0 Å². The van der Waals surface area contributed by atoms with Gasteiger partial charge in [-0.3, -0.25) is 15.1 Å². The van der Waals surface area contributed by atoms with E-state index in [0.717, 1.165) is 6.42 Å². The zero-order valence-electron chi connectivity index (χ0n) is 7.56. The molecule has 1 amide bonds. The van der Waals surface area contributed by atoms with Crippen LogP contribution in [0, 0.1) is 11.8 Å². The number of amides is 1. The second kappa shape index (κ2) is 3.10. The second-order valence-corrected chi connectivity index (χ2v) is 4.91. The van der Waals surface area contributed by atoms with E-state index in [1.165, 1.54) is 4.91 Å². The van der Waals surface area contributed by atoms with Gasteiger partial charge in [-0.15, -0.1) is 11.8 Å². The van der Waals surface area contributed by atoms with E-state index >= 15 is 0 Å². The van der Waals surface area contributed by atoms with E-state index in [9.17, 15) is 4.79 Å². The largest absolute Gasteiger partial charge is 0.343 e. The van der Waals surface area contributed by atoms with Crippen molar-refractivity contribution in [2.75, 3.05) is 6.67 Å². The first-order valence-electron chi connectivity index (χ1n) is 4.76. The first-order valence-corrected chi connectivity index (χ1v) is 5.63. The van der Waals surface area contributed by atoms with Crippen molar-refractivity contribution in [2.45, 2.75) is 11.8 Å². The molecular weight excluding hydrogens is 198 g/mol. The lowest BCUT2D eigenvalue weighted by Gasteiger charge is -2.28. The number of hydrogen-bond acceptors (Lipinski definition) is 4. The summed E-state index contributed by atoms with van der Waals surface area (Å²) in [6.07, 6.45) is 4.69. The minimum atomic E-state index is 0.0896. The average Bonchev–Trinajstić information content (AvgIpc) is 2.57. The van der Waals surface area contributed by atoms with Gasteiger partial charge < -0.3 is 5.32 Å². The molecule has 3 unspecified atom stereocenters. The number of hydrogen-bond donors (Lipinski definition) is 2. The van der Waals surface area contributed by atoms with Crippen LogP contribution in [-0.4, -0.2) is 24.2 Å². The number of aliphatic imine (C=N–C) groups is 1. The molecule has 0 aliphatic carbocycles. The maximum Gasteiger partial charge on any atom is 0.227 e. The summed E-state index contributed by atoms with van der Waals surface area (Å²) in [7, 11) is 0. The monoisotopic (exact) mass is 209 g/mol. The van der Waals surface area contributed by atoms with Crippen LogP contribution >= 0.6 is 11.8 Å². The second-order valence-electron chi connectivity index (χ2n) is 3.69. The Hall–Kier alpha value is -0.810. The SMILES string of the molecule is O=C1NCNC2SC3=CN=CCC3C12. The molecular formula is C9H11N3OS. The molecule has 2 saturated heterocycles. The molecule has 3 heterocycles. The van der Waals surface area contributed by atoms with Gasteiger partial charge in [-0.25, -0.2) is 0 Å². The Morgan fingerprint density at radius 3 is 3.43 bits per heavy atom. The molecule has 74 valence electrons. The molecule has 3 atom stereocenters. The Kier molecular flexibility index (Phi) is 1.88. The summed E-state index contributed by atoms with van der Waals surface area (Å²) in [6.45, 7) is 0.591. The van der Waals surface area contributed by atoms with Crippen LogP contribution in [0.25, 0.3) is 0 Å². The molecule has 0 radical (unpaired) electrons. The van der Waals surface area contributed by atoms with Crippen LogP contribution in [-0.2, 0) is 4.79 Å². The molecule has 0 aromatic heterocycles. The molecule has 3 aliphatic heterocycles. The van der Waals surface area contributed by atoms with Crippen molar-refractivity contribution in [2.24, 2.45) is 16.8 Å². The third-order valence-electron chi connectivity index (χ3n) is 2.92. The van der Waals surface area contributed by atoms with Crippen molar-refractivity contribution in [3.8, 4) is 0 Å². The van der Waals surface area contributed by atoms with Gasteiger partial charge in [-0.2, -0.15) is 0 Å². The van der Waals surface area contributed by atoms with Gasteiger partial charge in [-0.1, -0.05) is 0 Å². The van der Waals surface area contributed by atoms with Crippen molar-refractivity contribution >= 4 is 23.9 Å². The molecule has 2 fully saturated rings. The normalized spacial score (nSPS) is 39.9. The van der Waals surface area contributed by atoms with Crippen LogP contribution in [0.1, 0.15) is 6.42 Å². The summed E-state index contributed by atoms with van der Waals surface area (Å²) < 4.78 is 0. The van der Waals surface area contributed by atoms with Crippen LogP contribution in [0.15, 0.2) is 16.1 Å². The predicted octanol–water partition coefficient (Wildman–Crippen LogP) is 0.284. The molecule has 0 saturated carbocycles. The smallest absolute Gasteiger partial charge is 0.227 e. The van der Waals surface area contributed by atoms with Crippen LogP contribution < -0.4 is 10.6 Å². The minimum absolute atomic E-state index is 0.0896. The highest BCUT2D eigenvalue weighted by Gasteiger charge is 2.46. The molecule has 3 rings (SSSR count). The summed E-state index contributed by atoms with van der Waals surface area (Å²) >= 11 is 1.76. The van der Waals surface area contributed by atoms with E-state index in [1.807, 2.05) is 12.4 Å². The lowest BCUT2D eigenvalue weighted by molar-refractivity contribution is -0.127. The van der Waals surface area contributed by atoms with Gasteiger partial charge in [0.25, 0.3) is 0 Å². The van der Waals surface area contributed by atoms with Gasteiger partial charge in [-0.05, 0) is 6.42 Å². The quantitative estimate of drug-likeness (QED) is 0.602. The third-order valence-corrected chi connectivity index (χ3v) is 4.32. The fourth-order valence-electron chi connectivity index (χ4n) is 2.23. The standard InChI is InChI=1S/C9H11N3OS/c13-8-7-5-1-2-10-3-6(5)14-9(7)12-4-11-8/h2-3,5,7,9,12H,1,4H2,(H,11,13). The summed E-state index contributed by atoms with van der Waals surface area (Å²) in [5, 5.41) is 6.41. The number of rotatable bonds is 0. The zero-order valence-corrected chi connectivity index (χ0v) is 8.38. The molecule has 0 bridgehead atoms. The Morgan fingerprint density at radius 2 is 2.50 bits per heavy atom. The first-order chi connectivity index (χ1) is 6.86. The Labute approximate surface area is 86.2 Å². The van der Waals surface area contributed by atoms with Gasteiger partial charge in [0.2, 0.25) is 5.91 Å². The van der Waals surface area contributed by atoms with Crippen molar-refractivity contribution in [1.82, 2.24) is 10.6 Å². The Balaban J connectivity index is 1.93. The van der Waals surface area contributed by atoms with Gasteiger partial charge in [0.15, 0.2) is 0 Å². The first kappa shape index (κ1) is 8.49. The lowest BCUT2D eigenvalue weighted by atomic mass is 9.87. The van der Waals surface area contributed by atoms with E-state index in [2.05, 4.69) is 15.6 Å². The zero-order chi connectivity index (χ0) is 9.54. The predicted molar refractivity (Wildman–Crippen MR) is 55.7 cm³/mol. The lowest BCUT2D eigenvalue weighted by Crippen LogP contribution is -2.53. The summed E-state index contributed by atoms with van der Waals surface area (Å²) in [5.41, 5.74) is 0. The van der Waals surface area contributed by atoms with E-state index in [-0.39, 0.29) is 17.2 Å². The third kappa shape index (κ3) is 1.12. The maximum absolute atomic E-state index is 11.7. The fraction of sp³-hybridized carbons (Fsp3) is 0.556. The topological polar surface area (TPSA) is 53.5 Å². The number of fused-ring (bicyclic) bond motifs is 3. The molecule has 14 heavy (non-hydrogen) atoms. The van der Waals surface area contributed by atoms with Crippen LogP contribution in [0.5, 0.6) is 0 Å². The maximum atomic E-state index is 11.7. The number of carbonyl (C=O) groups excluding carboxylic acids is 1. The molecule has 5 heteroatoms. The minimum Gasteiger partial charge on any atom is -0.343 e. The highest BCUT2D eigenvalue weighted by Crippen LogP contribution is 2.48. The average molecular weight is 209 g/mol. The van der Waals surface area contributed by atoms with Crippen LogP contribution in [0.3, 0.4) is 0 Å². The summed E-state index contributed by atoms with van der Waals surface area (Å²) in [5.74, 6) is 0.631. The van der Waals surface area contributed by atoms with E-state index in [4.69, 9.17) is 0 Å². The summed E-state index contributed by atoms with van der Waals surface area (Å²) in [4.78, 5) is 17.1. The van der Waals surface area contributed by atoms with E-state index in [0.29, 0.717) is 12.6 Å². The van der Waals surface area contributed by atoms with E-state index in [1.54, 1.807) is 11.8 Å². The molecule has 0 spiro atoms. The Bertz CT molecular complexity index is 339. The van der Waals surface area contributed by atoms with Crippen LogP contribution in [0.4, 0.5) is 0 Å². The highest BCUT2D eigenvalue weighted by molar-refractivity contribution is 8.04. The molecule has 0 aromatic carbocycles. The van der Waals surface area contributed by atoms with Crippen molar-refractivity contribution < 1.29 is 4.79 Å². The number of carbonyl (C=O) groups is 1. The molecule has 3 aliphatic rings. The van der Waals surface area contributed by atoms with Crippen molar-refractivity contribution in [3.63, 3.8) is 0 Å². The number of nitrogens with zero attached hydrogens (tertiary/aromatic N) is 1. The van der Waals surface area contributed by atoms with Crippen LogP contribution in [0.2, 0.25) is 0 Å². The summed E-state index contributed by atoms with van der Waals surface area (Å²) in [6, 6.07) is 0. The number of allylic oxidation sites excluding steroid dienone is 1. The number of thioether (sulfide) groups is 1. The highest BCUT2D eigenvalue weighted by atomic mass is 32.2. The fourth-order valence-corrected chi connectivity index (χ4v) is 3.69. The Morgan fingerprint density at radius 1 is 1.57 bits per heavy atom. The molecule has 0 aromatic rings. The van der Waals surface area contributed by atoms with Crippen molar-refractivity contribution in [3.05, 3.63) is 11.1 Å². The van der Waals surface area contributed by atoms with Gasteiger partial charge >= 0.3 is 0 Å². The van der Waals surface area contributed by atoms with Gasteiger partial charge in [0.1, 0.15) is 0 Å². The van der Waals surface area contributed by atoms with Crippen molar-refractivity contribution in [1.29, 1.82) is 0 Å². The molecule has 2 N–H and O–H groups in total. The number of nitrogens with one attached hydrogen (secondary N) is 2. The van der Waals surface area contributed by atoms with Gasteiger partial charge in [0, 0.05) is 23.2 Å². The van der Waals surface area contributed by atoms with Gasteiger partial charge in [0.05, 0.1) is 18.0 Å². The molecule has 4 nitrogen and oxygen atoms in total.